The van der Waals surface area contributed by atoms with E-state index in [0.717, 1.165) is 17.1 Å². The second-order valence-corrected chi connectivity index (χ2v) is 3.34. The molecule has 3 heteroatoms. The molecule has 0 bridgehead atoms. The second kappa shape index (κ2) is 5.07. The fourth-order valence-electron chi connectivity index (χ4n) is 1.33. The van der Waals surface area contributed by atoms with Crippen LogP contribution >= 0.6 is 0 Å². The molecule has 0 radical (unpaired) electrons. The largest absolute Gasteiger partial charge is 0.388 e. The maximum Gasteiger partial charge on any atom is 0.0877 e. The molecule has 2 aromatic carbocycles. The van der Waals surface area contributed by atoms with Crippen molar-refractivity contribution >= 4 is 17.1 Å². The summed E-state index contributed by atoms with van der Waals surface area (Å²) in [4.78, 5) is 0. The number of hydrogen-bond acceptors (Lipinski definition) is 3. The highest BCUT2D eigenvalue weighted by molar-refractivity contribution is 5.53. The summed E-state index contributed by atoms with van der Waals surface area (Å²) in [5.41, 5.74) is 2.73. The van der Waals surface area contributed by atoms with Crippen LogP contribution in [0.2, 0.25) is 0 Å². The number of hydrogen-bond donors (Lipinski definition) is 1. The van der Waals surface area contributed by atoms with Gasteiger partial charge in [0.1, 0.15) is 0 Å². The second-order valence-electron chi connectivity index (χ2n) is 3.34. The summed E-state index contributed by atoms with van der Waals surface area (Å²) in [6.45, 7) is 0. The summed E-state index contributed by atoms with van der Waals surface area (Å²) in [6.07, 6.45) is 0. The Hall–Kier alpha value is -2.16. The predicted octanol–water partition coefficient (Wildman–Crippen LogP) is 4.14. The van der Waals surface area contributed by atoms with Gasteiger partial charge in [-0.05, 0) is 30.3 Å². The van der Waals surface area contributed by atoms with E-state index in [0.29, 0.717) is 0 Å². The third-order valence-electron chi connectivity index (χ3n) is 2.17. The molecule has 3 nitrogen and oxygen atoms in total. The molecule has 0 saturated heterocycles. The highest BCUT2D eigenvalue weighted by atomic mass is 15.1. The van der Waals surface area contributed by atoms with Crippen LogP contribution < -0.4 is 5.32 Å². The molecule has 0 atom stereocenters. The van der Waals surface area contributed by atoms with Crippen molar-refractivity contribution in [3.05, 3.63) is 54.6 Å². The topological polar surface area (TPSA) is 36.8 Å². The molecule has 0 amide bonds. The van der Waals surface area contributed by atoms with E-state index in [9.17, 15) is 0 Å². The van der Waals surface area contributed by atoms with Gasteiger partial charge >= 0.3 is 0 Å². The fourth-order valence-corrected chi connectivity index (χ4v) is 1.33. The van der Waals surface area contributed by atoms with Crippen molar-refractivity contribution in [2.24, 2.45) is 10.2 Å². The van der Waals surface area contributed by atoms with Crippen molar-refractivity contribution in [3.63, 3.8) is 0 Å². The van der Waals surface area contributed by atoms with E-state index < -0.39 is 0 Å². The van der Waals surface area contributed by atoms with E-state index in [1.165, 1.54) is 0 Å². The first kappa shape index (κ1) is 10.4. The molecule has 2 rings (SSSR count). The van der Waals surface area contributed by atoms with E-state index in [4.69, 9.17) is 0 Å². The van der Waals surface area contributed by atoms with Crippen LogP contribution in [0.15, 0.2) is 64.8 Å². The van der Waals surface area contributed by atoms with Crippen LogP contribution in [0, 0.1) is 0 Å². The van der Waals surface area contributed by atoms with Crippen molar-refractivity contribution in [2.75, 3.05) is 12.4 Å². The monoisotopic (exact) mass is 211 g/mol. The zero-order valence-electron chi connectivity index (χ0n) is 9.09. The smallest absolute Gasteiger partial charge is 0.0877 e. The fraction of sp³-hybridized carbons (Fsp3) is 0.0769. The minimum Gasteiger partial charge on any atom is -0.388 e. The van der Waals surface area contributed by atoms with Gasteiger partial charge in [-0.1, -0.05) is 24.3 Å². The summed E-state index contributed by atoms with van der Waals surface area (Å²) in [5.74, 6) is 0. The Morgan fingerprint density at radius 2 is 1.50 bits per heavy atom. The molecule has 0 aliphatic heterocycles. The van der Waals surface area contributed by atoms with E-state index >= 15 is 0 Å². The molecular formula is C13H13N3. The molecule has 16 heavy (non-hydrogen) atoms. The van der Waals surface area contributed by atoms with Gasteiger partial charge in [0.2, 0.25) is 0 Å². The van der Waals surface area contributed by atoms with E-state index in [-0.39, 0.29) is 0 Å². The van der Waals surface area contributed by atoms with Crippen molar-refractivity contribution in [3.8, 4) is 0 Å². The third-order valence-corrected chi connectivity index (χ3v) is 2.17. The Morgan fingerprint density at radius 1 is 0.812 bits per heavy atom. The molecule has 0 unspecified atom stereocenters. The summed E-state index contributed by atoms with van der Waals surface area (Å²) in [5, 5.41) is 11.4. The Balaban J connectivity index is 2.17. The number of rotatable bonds is 3. The third kappa shape index (κ3) is 2.67. The molecule has 0 aliphatic rings. The Kier molecular flexibility index (Phi) is 3.28. The van der Waals surface area contributed by atoms with Gasteiger partial charge in [0.05, 0.1) is 11.4 Å². The van der Waals surface area contributed by atoms with Gasteiger partial charge < -0.3 is 5.32 Å². The molecule has 0 fully saturated rings. The van der Waals surface area contributed by atoms with Crippen LogP contribution in [0.4, 0.5) is 17.1 Å². The van der Waals surface area contributed by atoms with Gasteiger partial charge in [-0.3, -0.25) is 0 Å². The van der Waals surface area contributed by atoms with Crippen molar-refractivity contribution in [1.29, 1.82) is 0 Å². The lowest BCUT2D eigenvalue weighted by molar-refractivity contribution is 1.23. The Labute approximate surface area is 94.9 Å². The minimum atomic E-state index is 0.843. The van der Waals surface area contributed by atoms with Crippen LogP contribution in [0.1, 0.15) is 0 Å². The zero-order valence-corrected chi connectivity index (χ0v) is 9.09. The average molecular weight is 211 g/mol. The number of benzene rings is 2. The maximum atomic E-state index is 4.17. The molecular weight excluding hydrogens is 198 g/mol. The van der Waals surface area contributed by atoms with Crippen LogP contribution in [-0.2, 0) is 0 Å². The molecule has 0 aliphatic carbocycles. The van der Waals surface area contributed by atoms with Crippen LogP contribution in [-0.4, -0.2) is 7.05 Å². The van der Waals surface area contributed by atoms with Crippen LogP contribution in [0.5, 0.6) is 0 Å². The molecule has 0 spiro atoms. The molecule has 80 valence electrons. The van der Waals surface area contributed by atoms with Crippen molar-refractivity contribution in [1.82, 2.24) is 0 Å². The Bertz CT molecular complexity index is 478. The quantitative estimate of drug-likeness (QED) is 0.761. The molecule has 0 aromatic heterocycles. The normalized spacial score (nSPS) is 10.6. The molecule has 0 saturated carbocycles. The molecule has 2 aromatic rings. The molecule has 1 N–H and O–H groups in total. The van der Waals surface area contributed by atoms with Gasteiger partial charge in [-0.15, -0.1) is 0 Å². The van der Waals surface area contributed by atoms with Crippen LogP contribution in [0.3, 0.4) is 0 Å². The number of azo groups is 1. The maximum absolute atomic E-state index is 4.17. The average Bonchev–Trinajstić information content (AvgIpc) is 2.38. The van der Waals surface area contributed by atoms with Gasteiger partial charge in [-0.25, -0.2) is 0 Å². The summed E-state index contributed by atoms with van der Waals surface area (Å²) >= 11 is 0. The molecule has 0 heterocycles. The lowest BCUT2D eigenvalue weighted by atomic mass is 10.3. The lowest BCUT2D eigenvalue weighted by Gasteiger charge is -1.99. The van der Waals surface area contributed by atoms with E-state index in [2.05, 4.69) is 15.5 Å². The lowest BCUT2D eigenvalue weighted by Crippen LogP contribution is -1.85. The highest BCUT2D eigenvalue weighted by Gasteiger charge is 1.92. The van der Waals surface area contributed by atoms with Gasteiger partial charge in [0.25, 0.3) is 0 Å². The van der Waals surface area contributed by atoms with Crippen molar-refractivity contribution in [2.45, 2.75) is 0 Å². The van der Waals surface area contributed by atoms with Crippen LogP contribution in [0.25, 0.3) is 0 Å². The highest BCUT2D eigenvalue weighted by Crippen LogP contribution is 2.20. The predicted molar refractivity (Wildman–Crippen MR) is 66.6 cm³/mol. The first-order chi connectivity index (χ1) is 7.88. The summed E-state index contributed by atoms with van der Waals surface area (Å²) < 4.78 is 0. The van der Waals surface area contributed by atoms with Crippen molar-refractivity contribution < 1.29 is 0 Å². The first-order valence-corrected chi connectivity index (χ1v) is 5.13. The number of nitrogens with one attached hydrogen (secondary N) is 1. The standard InChI is InChI=1S/C13H13N3/c1-14-12-8-5-9-13(10-12)16-15-11-6-3-2-4-7-11/h2-10,14H,1H3. The Morgan fingerprint density at radius 3 is 2.25 bits per heavy atom. The SMILES string of the molecule is CNc1cccc(N=Nc2ccccc2)c1. The van der Waals surface area contributed by atoms with Gasteiger partial charge in [0.15, 0.2) is 0 Å². The zero-order chi connectivity index (χ0) is 11.2. The number of anilines is 1. The first-order valence-electron chi connectivity index (χ1n) is 5.13. The van der Waals surface area contributed by atoms with E-state index in [1.54, 1.807) is 0 Å². The summed E-state index contributed by atoms with van der Waals surface area (Å²) in [7, 11) is 1.88. The number of nitrogens with zero attached hydrogens (tertiary/aromatic N) is 2. The van der Waals surface area contributed by atoms with Gasteiger partial charge in [-0.2, -0.15) is 10.2 Å². The van der Waals surface area contributed by atoms with Gasteiger partial charge in [0, 0.05) is 12.7 Å². The van der Waals surface area contributed by atoms with E-state index in [1.807, 2.05) is 61.6 Å². The minimum absolute atomic E-state index is 0.843. The summed E-state index contributed by atoms with van der Waals surface area (Å²) in [6, 6.07) is 17.5.